The quantitative estimate of drug-likeness (QED) is 0.649. The van der Waals surface area contributed by atoms with Crippen molar-refractivity contribution in [1.29, 1.82) is 0 Å². The van der Waals surface area contributed by atoms with Crippen LogP contribution in [0.25, 0.3) is 0 Å². The van der Waals surface area contributed by atoms with E-state index in [4.69, 9.17) is 15.3 Å². The molecule has 0 bridgehead atoms. The molecule has 0 amide bonds. The Morgan fingerprint density at radius 3 is 3.25 bits per heavy atom. The lowest BCUT2D eigenvalue weighted by Crippen LogP contribution is -2.42. The van der Waals surface area contributed by atoms with Gasteiger partial charge in [0.1, 0.15) is 5.76 Å². The fourth-order valence-electron chi connectivity index (χ4n) is 1.83. The maximum atomic E-state index is 9.13. The average Bonchev–Trinajstić information content (AvgIpc) is 2.54. The summed E-state index contributed by atoms with van der Waals surface area (Å²) in [5.41, 5.74) is 6.49. The van der Waals surface area contributed by atoms with E-state index in [1.165, 1.54) is 0 Å². The van der Waals surface area contributed by atoms with Crippen molar-refractivity contribution in [3.05, 3.63) is 23.7 Å². The van der Waals surface area contributed by atoms with E-state index in [2.05, 4.69) is 0 Å². The van der Waals surface area contributed by atoms with E-state index in [-0.39, 0.29) is 6.61 Å². The van der Waals surface area contributed by atoms with E-state index in [0.717, 1.165) is 30.6 Å². The molecule has 12 heavy (non-hydrogen) atoms. The number of hydrogen-bond donors (Lipinski definition) is 2. The lowest BCUT2D eigenvalue weighted by Gasteiger charge is -2.29. The highest BCUT2D eigenvalue weighted by atomic mass is 16.3. The first kappa shape index (κ1) is 7.83. The molecule has 1 aliphatic carbocycles. The zero-order valence-corrected chi connectivity index (χ0v) is 6.92. The van der Waals surface area contributed by atoms with Crippen molar-refractivity contribution < 1.29 is 9.52 Å². The van der Waals surface area contributed by atoms with Crippen LogP contribution < -0.4 is 5.73 Å². The number of aliphatic hydroxyl groups excluding tert-OH is 1. The van der Waals surface area contributed by atoms with E-state index >= 15 is 0 Å². The SMILES string of the molecule is NC1(CO)CCCc2ccoc21. The number of rotatable bonds is 1. The second-order valence-electron chi connectivity index (χ2n) is 3.44. The molecular formula is C9H13NO2. The van der Waals surface area contributed by atoms with Crippen molar-refractivity contribution >= 4 is 0 Å². The second-order valence-corrected chi connectivity index (χ2v) is 3.44. The Balaban J connectivity index is 2.44. The standard InChI is InChI=1S/C9H13NO2/c10-9(6-11)4-1-2-7-3-5-12-8(7)9/h3,5,11H,1-2,4,6,10H2. The van der Waals surface area contributed by atoms with Gasteiger partial charge < -0.3 is 15.3 Å². The van der Waals surface area contributed by atoms with Gasteiger partial charge in [-0.2, -0.15) is 0 Å². The molecule has 3 heteroatoms. The third-order valence-corrected chi connectivity index (χ3v) is 2.55. The van der Waals surface area contributed by atoms with Gasteiger partial charge >= 0.3 is 0 Å². The zero-order valence-electron chi connectivity index (χ0n) is 6.92. The molecule has 0 saturated heterocycles. The van der Waals surface area contributed by atoms with E-state index in [1.54, 1.807) is 6.26 Å². The van der Waals surface area contributed by atoms with Crippen LogP contribution in [0.4, 0.5) is 0 Å². The Hall–Kier alpha value is -0.800. The molecule has 1 atom stereocenters. The van der Waals surface area contributed by atoms with Crippen LogP contribution in [0.3, 0.4) is 0 Å². The number of furan rings is 1. The summed E-state index contributed by atoms with van der Waals surface area (Å²) < 4.78 is 5.28. The summed E-state index contributed by atoms with van der Waals surface area (Å²) in [7, 11) is 0. The highest BCUT2D eigenvalue weighted by molar-refractivity contribution is 5.27. The minimum Gasteiger partial charge on any atom is -0.467 e. The van der Waals surface area contributed by atoms with Crippen molar-refractivity contribution in [2.75, 3.05) is 6.61 Å². The van der Waals surface area contributed by atoms with Crippen molar-refractivity contribution in [2.45, 2.75) is 24.8 Å². The smallest absolute Gasteiger partial charge is 0.129 e. The van der Waals surface area contributed by atoms with Crippen molar-refractivity contribution in [1.82, 2.24) is 0 Å². The van der Waals surface area contributed by atoms with Gasteiger partial charge in [-0.3, -0.25) is 0 Å². The average molecular weight is 167 g/mol. The third kappa shape index (κ3) is 0.974. The molecule has 3 N–H and O–H groups in total. The molecule has 2 rings (SSSR count). The minimum atomic E-state index is -0.628. The van der Waals surface area contributed by atoms with E-state index in [9.17, 15) is 0 Å². The van der Waals surface area contributed by atoms with E-state index in [1.807, 2.05) is 6.07 Å². The summed E-state index contributed by atoms with van der Waals surface area (Å²) in [6.07, 6.45) is 4.51. The predicted octanol–water partition coefficient (Wildman–Crippen LogP) is 0.762. The molecular weight excluding hydrogens is 154 g/mol. The normalized spacial score (nSPS) is 28.5. The predicted molar refractivity (Wildman–Crippen MR) is 44.6 cm³/mol. The van der Waals surface area contributed by atoms with Gasteiger partial charge in [-0.05, 0) is 30.9 Å². The Morgan fingerprint density at radius 1 is 1.67 bits per heavy atom. The Labute approximate surface area is 71.2 Å². The van der Waals surface area contributed by atoms with E-state index in [0.29, 0.717) is 0 Å². The van der Waals surface area contributed by atoms with Gasteiger partial charge in [0.25, 0.3) is 0 Å². The Morgan fingerprint density at radius 2 is 2.50 bits per heavy atom. The molecule has 1 aromatic rings. The Bertz CT molecular complexity index is 282. The van der Waals surface area contributed by atoms with Gasteiger partial charge in [0.05, 0.1) is 18.4 Å². The molecule has 66 valence electrons. The highest BCUT2D eigenvalue weighted by Gasteiger charge is 2.34. The first-order valence-electron chi connectivity index (χ1n) is 4.23. The van der Waals surface area contributed by atoms with Crippen LogP contribution in [0.2, 0.25) is 0 Å². The number of fused-ring (bicyclic) bond motifs is 1. The number of aliphatic hydroxyl groups is 1. The van der Waals surface area contributed by atoms with E-state index < -0.39 is 5.54 Å². The molecule has 0 aromatic carbocycles. The summed E-state index contributed by atoms with van der Waals surface area (Å²) in [6.45, 7) is -0.0342. The first-order chi connectivity index (χ1) is 5.76. The third-order valence-electron chi connectivity index (χ3n) is 2.55. The molecule has 1 heterocycles. The van der Waals surface area contributed by atoms with Crippen molar-refractivity contribution in [3.8, 4) is 0 Å². The summed E-state index contributed by atoms with van der Waals surface area (Å²) in [5.74, 6) is 0.774. The van der Waals surface area contributed by atoms with Crippen LogP contribution in [0, 0.1) is 0 Å². The van der Waals surface area contributed by atoms with Crippen LogP contribution in [0.1, 0.15) is 24.2 Å². The molecule has 0 spiro atoms. The molecule has 0 saturated carbocycles. The van der Waals surface area contributed by atoms with Crippen LogP contribution in [0.15, 0.2) is 16.7 Å². The summed E-state index contributed by atoms with van der Waals surface area (Å²) in [6, 6.07) is 1.94. The van der Waals surface area contributed by atoms with Gasteiger partial charge in [0, 0.05) is 0 Å². The van der Waals surface area contributed by atoms with Crippen LogP contribution in [-0.2, 0) is 12.0 Å². The largest absolute Gasteiger partial charge is 0.467 e. The number of nitrogens with two attached hydrogens (primary N) is 1. The number of hydrogen-bond acceptors (Lipinski definition) is 3. The van der Waals surface area contributed by atoms with Crippen molar-refractivity contribution in [3.63, 3.8) is 0 Å². The van der Waals surface area contributed by atoms with Crippen LogP contribution in [-0.4, -0.2) is 11.7 Å². The lowest BCUT2D eigenvalue weighted by molar-refractivity contribution is 0.155. The fraction of sp³-hybridized carbons (Fsp3) is 0.556. The fourth-order valence-corrected chi connectivity index (χ4v) is 1.83. The second kappa shape index (κ2) is 2.61. The molecule has 1 aromatic heterocycles. The van der Waals surface area contributed by atoms with Gasteiger partial charge in [-0.1, -0.05) is 0 Å². The maximum absolute atomic E-state index is 9.13. The lowest BCUT2D eigenvalue weighted by atomic mass is 9.83. The Kier molecular flexibility index (Phi) is 1.70. The van der Waals surface area contributed by atoms with Gasteiger partial charge in [0.15, 0.2) is 0 Å². The molecule has 1 aliphatic rings. The van der Waals surface area contributed by atoms with Gasteiger partial charge in [-0.15, -0.1) is 0 Å². The molecule has 3 nitrogen and oxygen atoms in total. The van der Waals surface area contributed by atoms with Gasteiger partial charge in [-0.25, -0.2) is 0 Å². The molecule has 1 unspecified atom stereocenters. The molecule has 0 aliphatic heterocycles. The number of aryl methyl sites for hydroxylation is 1. The van der Waals surface area contributed by atoms with Gasteiger partial charge in [0.2, 0.25) is 0 Å². The maximum Gasteiger partial charge on any atom is 0.129 e. The molecule has 0 radical (unpaired) electrons. The zero-order chi connectivity index (χ0) is 8.60. The van der Waals surface area contributed by atoms with Crippen LogP contribution in [0.5, 0.6) is 0 Å². The topological polar surface area (TPSA) is 59.4 Å². The summed E-state index contributed by atoms with van der Waals surface area (Å²) in [5, 5.41) is 9.13. The van der Waals surface area contributed by atoms with Crippen molar-refractivity contribution in [2.24, 2.45) is 5.73 Å². The van der Waals surface area contributed by atoms with Crippen LogP contribution >= 0.6 is 0 Å². The highest BCUT2D eigenvalue weighted by Crippen LogP contribution is 2.33. The first-order valence-corrected chi connectivity index (χ1v) is 4.23. The summed E-state index contributed by atoms with van der Waals surface area (Å²) >= 11 is 0. The molecule has 0 fully saturated rings. The summed E-state index contributed by atoms with van der Waals surface area (Å²) in [4.78, 5) is 0. The minimum absolute atomic E-state index is 0.0342. The monoisotopic (exact) mass is 167 g/mol.